The molecule has 0 bridgehead atoms. The second kappa shape index (κ2) is 5.98. The molecule has 1 atom stereocenters. The molecule has 0 radical (unpaired) electrons. The number of anilines is 1. The molecule has 2 aliphatic heterocycles. The Morgan fingerprint density at radius 1 is 1.21 bits per heavy atom. The molecule has 2 aliphatic rings. The van der Waals surface area contributed by atoms with Crippen LogP contribution >= 0.6 is 11.3 Å². The Bertz CT molecular complexity index is 749. The first-order chi connectivity index (χ1) is 11.7. The van der Waals surface area contributed by atoms with Gasteiger partial charge in [-0.2, -0.15) is 21.5 Å². The largest absolute Gasteiger partial charge is 0.338 e. The molecule has 2 aromatic rings. The van der Waals surface area contributed by atoms with Gasteiger partial charge < -0.3 is 9.80 Å². The van der Waals surface area contributed by atoms with E-state index in [1.54, 1.807) is 22.3 Å². The van der Waals surface area contributed by atoms with Crippen molar-refractivity contribution < 1.29 is 9.59 Å². The number of piperidine rings is 1. The van der Waals surface area contributed by atoms with Crippen molar-refractivity contribution in [2.24, 2.45) is 5.41 Å². The minimum atomic E-state index is -0.434. The number of amides is 2. The van der Waals surface area contributed by atoms with Crippen molar-refractivity contribution in [3.63, 3.8) is 0 Å². The van der Waals surface area contributed by atoms with Gasteiger partial charge in [0, 0.05) is 25.0 Å². The molecule has 2 aromatic heterocycles. The summed E-state index contributed by atoms with van der Waals surface area (Å²) in [5, 5.41) is 11.5. The average molecular weight is 342 g/mol. The summed E-state index contributed by atoms with van der Waals surface area (Å²) in [7, 11) is 0. The van der Waals surface area contributed by atoms with Crippen molar-refractivity contribution in [1.29, 1.82) is 0 Å². The molecule has 4 heterocycles. The van der Waals surface area contributed by atoms with E-state index >= 15 is 0 Å². The maximum absolute atomic E-state index is 13.1. The van der Waals surface area contributed by atoms with E-state index in [0.717, 1.165) is 31.5 Å². The lowest BCUT2D eigenvalue weighted by Gasteiger charge is -2.39. The van der Waals surface area contributed by atoms with Crippen molar-refractivity contribution in [3.8, 4) is 0 Å². The Kier molecular flexibility index (Phi) is 3.80. The van der Waals surface area contributed by atoms with Crippen LogP contribution in [0.5, 0.6) is 0 Å². The predicted molar refractivity (Wildman–Crippen MR) is 90.9 cm³/mol. The summed E-state index contributed by atoms with van der Waals surface area (Å²) in [6, 6.07) is 3.65. The quantitative estimate of drug-likeness (QED) is 0.839. The summed E-state index contributed by atoms with van der Waals surface area (Å²) in [5.74, 6) is 0.0945. The molecule has 4 rings (SSSR count). The Hall–Kier alpha value is -2.28. The minimum Gasteiger partial charge on any atom is -0.338 e. The van der Waals surface area contributed by atoms with Gasteiger partial charge >= 0.3 is 0 Å². The summed E-state index contributed by atoms with van der Waals surface area (Å²) in [5.41, 5.74) is 1.07. The third-order valence-electron chi connectivity index (χ3n) is 5.03. The number of aromatic nitrogens is 2. The van der Waals surface area contributed by atoms with Crippen LogP contribution in [0.3, 0.4) is 0 Å². The maximum Gasteiger partial charge on any atom is 0.255 e. The summed E-state index contributed by atoms with van der Waals surface area (Å²) in [6.07, 6.45) is 5.52. The van der Waals surface area contributed by atoms with Crippen LogP contribution in [0.4, 0.5) is 5.69 Å². The number of nitrogens with zero attached hydrogens (tertiary/aromatic N) is 4. The predicted octanol–water partition coefficient (Wildman–Crippen LogP) is 2.20. The number of hydrogen-bond acceptors (Lipinski definition) is 5. The van der Waals surface area contributed by atoms with Crippen LogP contribution in [0, 0.1) is 5.41 Å². The molecule has 0 aromatic carbocycles. The van der Waals surface area contributed by atoms with Gasteiger partial charge in [-0.25, -0.2) is 0 Å². The van der Waals surface area contributed by atoms with Gasteiger partial charge in [0.2, 0.25) is 5.91 Å². The van der Waals surface area contributed by atoms with E-state index < -0.39 is 5.41 Å². The van der Waals surface area contributed by atoms with Gasteiger partial charge in [-0.1, -0.05) is 0 Å². The number of likely N-dealkylation sites (tertiary alicyclic amines) is 1. The van der Waals surface area contributed by atoms with E-state index in [4.69, 9.17) is 0 Å². The van der Waals surface area contributed by atoms with Gasteiger partial charge in [-0.05, 0) is 36.8 Å². The lowest BCUT2D eigenvalue weighted by atomic mass is 9.78. The molecule has 24 heavy (non-hydrogen) atoms. The molecule has 2 fully saturated rings. The molecule has 1 spiro atoms. The zero-order chi connectivity index (χ0) is 16.6. The van der Waals surface area contributed by atoms with Crippen LogP contribution in [0.2, 0.25) is 0 Å². The van der Waals surface area contributed by atoms with E-state index in [-0.39, 0.29) is 11.8 Å². The van der Waals surface area contributed by atoms with Crippen LogP contribution < -0.4 is 4.90 Å². The number of hydrogen-bond donors (Lipinski definition) is 0. The van der Waals surface area contributed by atoms with Crippen molar-refractivity contribution >= 4 is 28.8 Å². The molecule has 0 saturated carbocycles. The van der Waals surface area contributed by atoms with Crippen molar-refractivity contribution in [3.05, 3.63) is 40.8 Å². The minimum absolute atomic E-state index is 0.0641. The molecule has 6 nitrogen and oxygen atoms in total. The van der Waals surface area contributed by atoms with Crippen molar-refractivity contribution in [1.82, 2.24) is 15.1 Å². The topological polar surface area (TPSA) is 66.4 Å². The number of rotatable bonds is 2. The zero-order valence-electron chi connectivity index (χ0n) is 13.2. The molecular weight excluding hydrogens is 324 g/mol. The SMILES string of the molecule is O=C(c1ccnnc1)N1CCCC2(CCN(c3ccsc3)C2=O)C1. The Morgan fingerprint density at radius 2 is 2.12 bits per heavy atom. The highest BCUT2D eigenvalue weighted by atomic mass is 32.1. The van der Waals surface area contributed by atoms with Crippen molar-refractivity contribution in [2.45, 2.75) is 19.3 Å². The smallest absolute Gasteiger partial charge is 0.255 e. The number of carbonyl (C=O) groups excluding carboxylic acids is 2. The number of carbonyl (C=O) groups is 2. The van der Waals surface area contributed by atoms with Crippen LogP contribution in [0.25, 0.3) is 0 Å². The highest BCUT2D eigenvalue weighted by Gasteiger charge is 2.50. The van der Waals surface area contributed by atoms with E-state index in [1.807, 2.05) is 21.7 Å². The first kappa shape index (κ1) is 15.3. The Labute approximate surface area is 144 Å². The van der Waals surface area contributed by atoms with Crippen LogP contribution in [-0.4, -0.2) is 46.5 Å². The highest BCUT2D eigenvalue weighted by Crippen LogP contribution is 2.42. The number of thiophene rings is 1. The normalized spacial score (nSPS) is 23.9. The highest BCUT2D eigenvalue weighted by molar-refractivity contribution is 7.08. The van der Waals surface area contributed by atoms with Crippen molar-refractivity contribution in [2.75, 3.05) is 24.5 Å². The molecule has 0 aliphatic carbocycles. The molecule has 7 heteroatoms. The third kappa shape index (κ3) is 2.49. The van der Waals surface area contributed by atoms with Gasteiger partial charge in [-0.15, -0.1) is 0 Å². The van der Waals surface area contributed by atoms with Gasteiger partial charge in [0.25, 0.3) is 5.91 Å². The summed E-state index contributed by atoms with van der Waals surface area (Å²) >= 11 is 1.59. The monoisotopic (exact) mass is 342 g/mol. The van der Waals surface area contributed by atoms with E-state index in [0.29, 0.717) is 18.7 Å². The summed E-state index contributed by atoms with van der Waals surface area (Å²) in [6.45, 7) is 1.91. The molecule has 2 amide bonds. The fraction of sp³-hybridized carbons (Fsp3) is 0.412. The zero-order valence-corrected chi connectivity index (χ0v) is 14.0. The fourth-order valence-electron chi connectivity index (χ4n) is 3.76. The molecule has 1 unspecified atom stereocenters. The van der Waals surface area contributed by atoms with Gasteiger partial charge in [0.05, 0.1) is 29.1 Å². The lowest BCUT2D eigenvalue weighted by Crippen LogP contribution is -2.49. The second-order valence-electron chi connectivity index (χ2n) is 6.43. The third-order valence-corrected chi connectivity index (χ3v) is 5.70. The van der Waals surface area contributed by atoms with Crippen LogP contribution in [0.15, 0.2) is 35.3 Å². The average Bonchev–Trinajstić information content (AvgIpc) is 3.25. The van der Waals surface area contributed by atoms with Gasteiger partial charge in [0.1, 0.15) is 0 Å². The molecule has 0 N–H and O–H groups in total. The lowest BCUT2D eigenvalue weighted by molar-refractivity contribution is -0.127. The fourth-order valence-corrected chi connectivity index (χ4v) is 4.40. The van der Waals surface area contributed by atoms with Crippen LogP contribution in [0.1, 0.15) is 29.6 Å². The van der Waals surface area contributed by atoms with E-state index in [9.17, 15) is 9.59 Å². The van der Waals surface area contributed by atoms with Gasteiger partial charge in [-0.3, -0.25) is 9.59 Å². The first-order valence-electron chi connectivity index (χ1n) is 8.10. The van der Waals surface area contributed by atoms with E-state index in [1.165, 1.54) is 12.4 Å². The standard InChI is InChI=1S/C17H18N4O2S/c22-15(13-2-6-18-19-10-13)20-7-1-4-17(12-20)5-8-21(16(17)23)14-3-9-24-11-14/h2-3,6,9-11H,1,4-5,7-8,12H2. The van der Waals surface area contributed by atoms with Gasteiger partial charge in [0.15, 0.2) is 0 Å². The molecular formula is C17H18N4O2S. The van der Waals surface area contributed by atoms with Crippen LogP contribution in [-0.2, 0) is 4.79 Å². The maximum atomic E-state index is 13.1. The summed E-state index contributed by atoms with van der Waals surface area (Å²) in [4.78, 5) is 29.4. The molecule has 124 valence electrons. The molecule has 2 saturated heterocycles. The Morgan fingerprint density at radius 3 is 2.88 bits per heavy atom. The summed E-state index contributed by atoms with van der Waals surface area (Å²) < 4.78 is 0. The van der Waals surface area contributed by atoms with E-state index in [2.05, 4.69) is 10.2 Å². The Balaban J connectivity index is 1.55. The first-order valence-corrected chi connectivity index (χ1v) is 9.04. The second-order valence-corrected chi connectivity index (χ2v) is 7.21.